The van der Waals surface area contributed by atoms with Crippen molar-refractivity contribution in [1.29, 1.82) is 0 Å². The number of likely N-dealkylation sites (N-methyl/N-ethyl adjacent to an activating group) is 1. The summed E-state index contributed by atoms with van der Waals surface area (Å²) >= 11 is 8.24. The van der Waals surface area contributed by atoms with Gasteiger partial charge >= 0.3 is 0 Å². The lowest BCUT2D eigenvalue weighted by molar-refractivity contribution is -0.117. The van der Waals surface area contributed by atoms with Crippen LogP contribution in [0.25, 0.3) is 0 Å². The number of rotatable bonds is 5. The molecule has 0 spiro atoms. The standard InChI is InChI=1S/C16H21ClN2OS/c1-2-18-15-11-7-12(17)14(8-13(11)19-16(15)20)21-9-10-5-3-4-6-10/h7-8,10,15,18H,2-6,9H2,1H3,(H,19,20). The van der Waals surface area contributed by atoms with Gasteiger partial charge in [-0.2, -0.15) is 0 Å². The van der Waals surface area contributed by atoms with E-state index in [1.54, 1.807) is 0 Å². The van der Waals surface area contributed by atoms with Crippen LogP contribution >= 0.6 is 23.4 Å². The van der Waals surface area contributed by atoms with E-state index in [0.717, 1.165) is 39.4 Å². The van der Waals surface area contributed by atoms with Gasteiger partial charge in [0.25, 0.3) is 0 Å². The van der Waals surface area contributed by atoms with E-state index in [2.05, 4.69) is 10.6 Å². The lowest BCUT2D eigenvalue weighted by Crippen LogP contribution is -2.27. The number of nitrogens with one attached hydrogen (secondary N) is 2. The molecule has 1 amide bonds. The van der Waals surface area contributed by atoms with Crippen molar-refractivity contribution < 1.29 is 4.79 Å². The number of hydrogen-bond acceptors (Lipinski definition) is 3. The van der Waals surface area contributed by atoms with Crippen molar-refractivity contribution in [2.24, 2.45) is 5.92 Å². The third-order valence-corrected chi connectivity index (χ3v) is 6.00. The predicted octanol–water partition coefficient (Wildman–Crippen LogP) is 4.23. The highest BCUT2D eigenvalue weighted by Crippen LogP contribution is 2.40. The molecule has 1 unspecified atom stereocenters. The maximum atomic E-state index is 12.0. The third-order valence-electron chi connectivity index (χ3n) is 4.29. The zero-order chi connectivity index (χ0) is 14.8. The summed E-state index contributed by atoms with van der Waals surface area (Å²) in [4.78, 5) is 13.1. The largest absolute Gasteiger partial charge is 0.324 e. The second-order valence-corrected chi connectivity index (χ2v) is 7.28. The summed E-state index contributed by atoms with van der Waals surface area (Å²) in [5.74, 6) is 1.97. The van der Waals surface area contributed by atoms with E-state index in [0.29, 0.717) is 0 Å². The van der Waals surface area contributed by atoms with Gasteiger partial charge in [-0.1, -0.05) is 31.4 Å². The number of carbonyl (C=O) groups excluding carboxylic acids is 1. The Balaban J connectivity index is 1.75. The summed E-state index contributed by atoms with van der Waals surface area (Å²) in [7, 11) is 0. The van der Waals surface area contributed by atoms with Crippen molar-refractivity contribution in [3.8, 4) is 0 Å². The summed E-state index contributed by atoms with van der Waals surface area (Å²) in [6.45, 7) is 2.76. The number of hydrogen-bond donors (Lipinski definition) is 2. The minimum Gasteiger partial charge on any atom is -0.324 e. The summed E-state index contributed by atoms with van der Waals surface area (Å²) in [6, 6.07) is 3.71. The van der Waals surface area contributed by atoms with Crippen LogP contribution in [0.2, 0.25) is 5.02 Å². The quantitative estimate of drug-likeness (QED) is 0.797. The molecule has 21 heavy (non-hydrogen) atoms. The van der Waals surface area contributed by atoms with Gasteiger partial charge in [0.1, 0.15) is 6.04 Å². The number of benzene rings is 1. The molecule has 0 bridgehead atoms. The first-order chi connectivity index (χ1) is 10.2. The average molecular weight is 325 g/mol. The van der Waals surface area contributed by atoms with Gasteiger partial charge in [-0.15, -0.1) is 11.8 Å². The third kappa shape index (κ3) is 3.22. The molecule has 1 fully saturated rings. The summed E-state index contributed by atoms with van der Waals surface area (Å²) in [5, 5.41) is 6.91. The van der Waals surface area contributed by atoms with Crippen molar-refractivity contribution in [3.05, 3.63) is 22.7 Å². The van der Waals surface area contributed by atoms with Crippen LogP contribution in [0.1, 0.15) is 44.2 Å². The minimum atomic E-state index is -0.267. The highest BCUT2D eigenvalue weighted by molar-refractivity contribution is 7.99. The topological polar surface area (TPSA) is 41.1 Å². The van der Waals surface area contributed by atoms with Crippen molar-refractivity contribution >= 4 is 35.0 Å². The van der Waals surface area contributed by atoms with E-state index < -0.39 is 0 Å². The van der Waals surface area contributed by atoms with Crippen LogP contribution in [0.4, 0.5) is 5.69 Å². The molecule has 1 heterocycles. The van der Waals surface area contributed by atoms with Gasteiger partial charge in [-0.3, -0.25) is 4.79 Å². The zero-order valence-corrected chi connectivity index (χ0v) is 13.8. The van der Waals surface area contributed by atoms with Gasteiger partial charge in [-0.05, 0) is 37.4 Å². The fourth-order valence-corrected chi connectivity index (χ4v) is 4.65. The van der Waals surface area contributed by atoms with Crippen LogP contribution in [0.3, 0.4) is 0 Å². The molecule has 1 aromatic rings. The fourth-order valence-electron chi connectivity index (χ4n) is 3.16. The maximum Gasteiger partial charge on any atom is 0.246 e. The summed E-state index contributed by atoms with van der Waals surface area (Å²) in [5.41, 5.74) is 1.88. The average Bonchev–Trinajstić information content (AvgIpc) is 3.07. The number of amides is 1. The molecule has 114 valence electrons. The van der Waals surface area contributed by atoms with Gasteiger partial charge in [0.2, 0.25) is 5.91 Å². The molecule has 2 N–H and O–H groups in total. The second-order valence-electron chi connectivity index (χ2n) is 5.81. The molecule has 1 saturated carbocycles. The van der Waals surface area contributed by atoms with Gasteiger partial charge in [0.05, 0.1) is 5.02 Å². The van der Waals surface area contributed by atoms with Crippen LogP contribution in [-0.2, 0) is 4.79 Å². The maximum absolute atomic E-state index is 12.0. The first-order valence-electron chi connectivity index (χ1n) is 7.69. The molecule has 0 saturated heterocycles. The SMILES string of the molecule is CCNC1C(=O)Nc2cc(SCC3CCCC3)c(Cl)cc21. The van der Waals surface area contributed by atoms with Crippen LogP contribution in [0.15, 0.2) is 17.0 Å². The Morgan fingerprint density at radius 2 is 2.14 bits per heavy atom. The first-order valence-corrected chi connectivity index (χ1v) is 9.06. The number of carbonyl (C=O) groups is 1. The van der Waals surface area contributed by atoms with Gasteiger partial charge in [-0.25, -0.2) is 0 Å². The van der Waals surface area contributed by atoms with E-state index in [1.165, 1.54) is 25.7 Å². The highest BCUT2D eigenvalue weighted by Gasteiger charge is 2.30. The van der Waals surface area contributed by atoms with Crippen LogP contribution in [-0.4, -0.2) is 18.2 Å². The van der Waals surface area contributed by atoms with Crippen molar-refractivity contribution in [2.75, 3.05) is 17.6 Å². The number of thioether (sulfide) groups is 1. The molecule has 3 nitrogen and oxygen atoms in total. The molecule has 5 heteroatoms. The number of anilines is 1. The van der Waals surface area contributed by atoms with Crippen molar-refractivity contribution in [1.82, 2.24) is 5.32 Å². The normalized spacial score (nSPS) is 21.6. The monoisotopic (exact) mass is 324 g/mol. The Labute approximate surface area is 135 Å². The fraction of sp³-hybridized carbons (Fsp3) is 0.562. The molecule has 1 aliphatic carbocycles. The predicted molar refractivity (Wildman–Crippen MR) is 89.2 cm³/mol. The molecule has 1 aromatic carbocycles. The lowest BCUT2D eigenvalue weighted by Gasteiger charge is -2.12. The molecule has 3 rings (SSSR count). The van der Waals surface area contributed by atoms with E-state index in [1.807, 2.05) is 30.8 Å². The Hall–Kier alpha value is -0.710. The number of halogens is 1. The van der Waals surface area contributed by atoms with E-state index >= 15 is 0 Å². The summed E-state index contributed by atoms with van der Waals surface area (Å²) < 4.78 is 0. The molecule has 2 aliphatic rings. The van der Waals surface area contributed by atoms with Crippen LogP contribution in [0, 0.1) is 5.92 Å². The van der Waals surface area contributed by atoms with E-state index in [4.69, 9.17) is 11.6 Å². The molecular weight excluding hydrogens is 304 g/mol. The molecule has 1 aliphatic heterocycles. The minimum absolute atomic E-state index is 0.0147. The van der Waals surface area contributed by atoms with Crippen molar-refractivity contribution in [3.63, 3.8) is 0 Å². The van der Waals surface area contributed by atoms with Crippen LogP contribution in [0.5, 0.6) is 0 Å². The van der Waals surface area contributed by atoms with E-state index in [-0.39, 0.29) is 11.9 Å². The molecule has 0 radical (unpaired) electrons. The van der Waals surface area contributed by atoms with Crippen molar-refractivity contribution in [2.45, 2.75) is 43.5 Å². The molecular formula is C16H21ClN2OS. The lowest BCUT2D eigenvalue weighted by atomic mass is 10.1. The van der Waals surface area contributed by atoms with Gasteiger partial charge in [0, 0.05) is 21.9 Å². The Morgan fingerprint density at radius 3 is 2.86 bits per heavy atom. The number of fused-ring (bicyclic) bond motifs is 1. The van der Waals surface area contributed by atoms with E-state index in [9.17, 15) is 4.79 Å². The van der Waals surface area contributed by atoms with Crippen LogP contribution < -0.4 is 10.6 Å². The summed E-state index contributed by atoms with van der Waals surface area (Å²) in [6.07, 6.45) is 5.41. The highest BCUT2D eigenvalue weighted by atomic mass is 35.5. The van der Waals surface area contributed by atoms with Gasteiger partial charge in [0.15, 0.2) is 0 Å². The Kier molecular flexibility index (Phi) is 4.77. The smallest absolute Gasteiger partial charge is 0.246 e. The molecule has 0 aromatic heterocycles. The zero-order valence-electron chi connectivity index (χ0n) is 12.2. The van der Waals surface area contributed by atoms with Gasteiger partial charge < -0.3 is 10.6 Å². The first kappa shape index (κ1) is 15.2. The Morgan fingerprint density at radius 1 is 1.38 bits per heavy atom. The Bertz CT molecular complexity index is 543. The molecule has 1 atom stereocenters. The second kappa shape index (κ2) is 6.59.